The molecule has 0 aliphatic rings. The molecule has 0 spiro atoms. The predicted octanol–water partition coefficient (Wildman–Crippen LogP) is 2.80. The van der Waals surface area contributed by atoms with Crippen molar-refractivity contribution in [3.8, 4) is 5.75 Å². The van der Waals surface area contributed by atoms with Crippen molar-refractivity contribution < 1.29 is 27.3 Å². The Hall–Kier alpha value is -2.58. The van der Waals surface area contributed by atoms with Crippen molar-refractivity contribution in [2.45, 2.75) is 26.1 Å². The minimum Gasteiger partial charge on any atom is -0.481 e. The number of carbonyl (C=O) groups excluding carboxylic acids is 1. The molecule has 1 unspecified atom stereocenters. The number of hydrogen-bond donors (Lipinski definition) is 1. The Kier molecular flexibility index (Phi) is 4.34. The number of carbonyl (C=O) groups is 1. The largest absolute Gasteiger partial charge is 0.481 e. The first-order valence-corrected chi connectivity index (χ1v) is 6.21. The van der Waals surface area contributed by atoms with Gasteiger partial charge in [0, 0.05) is 0 Å². The molecule has 1 heterocycles. The van der Waals surface area contributed by atoms with Gasteiger partial charge in [-0.2, -0.15) is 13.2 Å². The summed E-state index contributed by atoms with van der Waals surface area (Å²) in [6.07, 6.45) is -5.35. The Morgan fingerprint density at radius 1 is 1.27 bits per heavy atom. The monoisotopic (exact) mass is 315 g/mol. The Bertz CT molecular complexity index is 653. The Morgan fingerprint density at radius 2 is 1.91 bits per heavy atom. The molecule has 1 aromatic carbocycles. The molecule has 1 N–H and O–H groups in total. The molecular weight excluding hydrogens is 303 g/mol. The van der Waals surface area contributed by atoms with Crippen molar-refractivity contribution >= 4 is 11.7 Å². The lowest BCUT2D eigenvalue weighted by molar-refractivity contribution is -0.137. The first-order valence-electron chi connectivity index (χ1n) is 6.21. The van der Waals surface area contributed by atoms with Crippen LogP contribution in [0.3, 0.4) is 0 Å². The molecule has 1 atom stereocenters. The van der Waals surface area contributed by atoms with E-state index in [1.54, 1.807) is 6.92 Å². The number of halogens is 3. The average Bonchev–Trinajstić information content (AvgIpc) is 2.84. The molecule has 2 rings (SSSR count). The number of aromatic nitrogens is 2. The summed E-state index contributed by atoms with van der Waals surface area (Å²) in [5.74, 6) is -0.225. The van der Waals surface area contributed by atoms with Gasteiger partial charge in [-0.25, -0.2) is 4.63 Å². The summed E-state index contributed by atoms with van der Waals surface area (Å²) in [4.78, 5) is 11.9. The lowest BCUT2D eigenvalue weighted by Gasteiger charge is -2.14. The number of nitrogens with one attached hydrogen (secondary N) is 1. The van der Waals surface area contributed by atoms with Crippen molar-refractivity contribution in [2.75, 3.05) is 5.32 Å². The summed E-state index contributed by atoms with van der Waals surface area (Å²) >= 11 is 0. The SMILES string of the molecule is Cc1nonc1NC(=O)C(C)Oc1ccc(C(F)(F)F)cc1. The van der Waals surface area contributed by atoms with E-state index in [4.69, 9.17) is 4.74 Å². The molecule has 0 radical (unpaired) electrons. The highest BCUT2D eigenvalue weighted by atomic mass is 19.4. The van der Waals surface area contributed by atoms with Gasteiger partial charge >= 0.3 is 6.18 Å². The third-order valence-corrected chi connectivity index (χ3v) is 2.76. The summed E-state index contributed by atoms with van der Waals surface area (Å²) in [7, 11) is 0. The number of hydrogen-bond acceptors (Lipinski definition) is 5. The summed E-state index contributed by atoms with van der Waals surface area (Å²) < 4.78 is 47.0. The van der Waals surface area contributed by atoms with Crippen LogP contribution in [0.4, 0.5) is 19.0 Å². The van der Waals surface area contributed by atoms with Gasteiger partial charge in [-0.15, -0.1) is 0 Å². The van der Waals surface area contributed by atoms with Crippen molar-refractivity contribution in [3.05, 3.63) is 35.5 Å². The van der Waals surface area contributed by atoms with Crippen LogP contribution in [0.1, 0.15) is 18.2 Å². The second kappa shape index (κ2) is 6.04. The molecule has 1 amide bonds. The number of alkyl halides is 3. The fourth-order valence-electron chi connectivity index (χ4n) is 1.54. The number of amides is 1. The van der Waals surface area contributed by atoms with Gasteiger partial charge in [0.05, 0.1) is 5.56 Å². The van der Waals surface area contributed by atoms with Gasteiger partial charge in [0.1, 0.15) is 11.4 Å². The number of ether oxygens (including phenoxy) is 1. The van der Waals surface area contributed by atoms with Gasteiger partial charge in [0.15, 0.2) is 11.9 Å². The van der Waals surface area contributed by atoms with E-state index < -0.39 is 23.8 Å². The quantitative estimate of drug-likeness (QED) is 0.938. The zero-order chi connectivity index (χ0) is 16.3. The maximum atomic E-state index is 12.4. The smallest absolute Gasteiger partial charge is 0.416 e. The van der Waals surface area contributed by atoms with Crippen LogP contribution in [0.2, 0.25) is 0 Å². The van der Waals surface area contributed by atoms with Crippen molar-refractivity contribution in [3.63, 3.8) is 0 Å². The second-order valence-electron chi connectivity index (χ2n) is 4.47. The van der Waals surface area contributed by atoms with Crippen LogP contribution in [0.25, 0.3) is 0 Å². The molecule has 1 aromatic heterocycles. The van der Waals surface area contributed by atoms with Crippen LogP contribution in [0.5, 0.6) is 5.75 Å². The fourth-order valence-corrected chi connectivity index (χ4v) is 1.54. The number of rotatable bonds is 4. The van der Waals surface area contributed by atoms with Gasteiger partial charge in [-0.1, -0.05) is 5.16 Å². The summed E-state index contributed by atoms with van der Waals surface area (Å²) in [6, 6.07) is 4.06. The summed E-state index contributed by atoms with van der Waals surface area (Å²) in [6.45, 7) is 3.04. The van der Waals surface area contributed by atoms with Crippen LogP contribution in [0.15, 0.2) is 28.9 Å². The topological polar surface area (TPSA) is 77.3 Å². The van der Waals surface area contributed by atoms with Gasteiger partial charge in [0.25, 0.3) is 5.91 Å². The van der Waals surface area contributed by atoms with E-state index in [-0.39, 0.29) is 11.6 Å². The van der Waals surface area contributed by atoms with Gasteiger partial charge in [-0.3, -0.25) is 4.79 Å². The molecule has 118 valence electrons. The van der Waals surface area contributed by atoms with E-state index in [9.17, 15) is 18.0 Å². The van der Waals surface area contributed by atoms with E-state index in [1.807, 2.05) is 0 Å². The number of benzene rings is 1. The molecule has 0 aliphatic carbocycles. The van der Waals surface area contributed by atoms with E-state index in [2.05, 4.69) is 20.3 Å². The molecular formula is C13H12F3N3O3. The minimum absolute atomic E-state index is 0.144. The van der Waals surface area contributed by atoms with Crippen LogP contribution >= 0.6 is 0 Å². The predicted molar refractivity (Wildman–Crippen MR) is 69.2 cm³/mol. The number of aryl methyl sites for hydroxylation is 1. The van der Waals surface area contributed by atoms with Crippen molar-refractivity contribution in [1.29, 1.82) is 0 Å². The Labute approximate surface area is 123 Å². The summed E-state index contributed by atoms with van der Waals surface area (Å²) in [5.41, 5.74) is -0.392. The summed E-state index contributed by atoms with van der Waals surface area (Å²) in [5, 5.41) is 9.42. The molecule has 0 bridgehead atoms. The van der Waals surface area contributed by atoms with Gasteiger partial charge < -0.3 is 10.1 Å². The van der Waals surface area contributed by atoms with Crippen molar-refractivity contribution in [2.24, 2.45) is 0 Å². The maximum absolute atomic E-state index is 12.4. The third kappa shape index (κ3) is 3.74. The minimum atomic E-state index is -4.42. The van der Waals surface area contributed by atoms with E-state index in [0.717, 1.165) is 24.3 Å². The molecule has 0 saturated heterocycles. The zero-order valence-corrected chi connectivity index (χ0v) is 11.6. The van der Waals surface area contributed by atoms with Crippen LogP contribution < -0.4 is 10.1 Å². The second-order valence-corrected chi connectivity index (χ2v) is 4.47. The molecule has 2 aromatic rings. The van der Waals surface area contributed by atoms with E-state index in [0.29, 0.717) is 5.69 Å². The van der Waals surface area contributed by atoms with Crippen LogP contribution in [-0.2, 0) is 11.0 Å². The highest BCUT2D eigenvalue weighted by Gasteiger charge is 2.30. The molecule has 0 fully saturated rings. The zero-order valence-electron chi connectivity index (χ0n) is 11.6. The van der Waals surface area contributed by atoms with Crippen molar-refractivity contribution in [1.82, 2.24) is 10.3 Å². The Balaban J connectivity index is 1.98. The van der Waals surface area contributed by atoms with Crippen LogP contribution in [-0.4, -0.2) is 22.3 Å². The molecule has 6 nitrogen and oxygen atoms in total. The van der Waals surface area contributed by atoms with E-state index >= 15 is 0 Å². The normalized spacial score (nSPS) is 12.8. The number of anilines is 1. The highest BCUT2D eigenvalue weighted by molar-refractivity contribution is 5.93. The molecule has 22 heavy (non-hydrogen) atoms. The lowest BCUT2D eigenvalue weighted by atomic mass is 10.2. The molecule has 0 saturated carbocycles. The highest BCUT2D eigenvalue weighted by Crippen LogP contribution is 2.30. The van der Waals surface area contributed by atoms with Crippen LogP contribution in [0, 0.1) is 6.92 Å². The first-order chi connectivity index (χ1) is 10.3. The number of nitrogens with zero attached hydrogens (tertiary/aromatic N) is 2. The molecule has 0 aliphatic heterocycles. The fraction of sp³-hybridized carbons (Fsp3) is 0.308. The lowest BCUT2D eigenvalue weighted by Crippen LogP contribution is -2.30. The Morgan fingerprint density at radius 3 is 2.41 bits per heavy atom. The molecule has 9 heteroatoms. The van der Waals surface area contributed by atoms with Gasteiger partial charge in [0.2, 0.25) is 0 Å². The first kappa shape index (κ1) is 15.8. The van der Waals surface area contributed by atoms with Gasteiger partial charge in [-0.05, 0) is 43.3 Å². The maximum Gasteiger partial charge on any atom is 0.416 e. The van der Waals surface area contributed by atoms with E-state index in [1.165, 1.54) is 6.92 Å². The average molecular weight is 315 g/mol. The standard InChI is InChI=1S/C13H12F3N3O3/c1-7-11(19-22-18-7)17-12(20)8(2)21-10-5-3-9(4-6-10)13(14,15)16/h3-6,8H,1-2H3,(H,17,19,20). The third-order valence-electron chi connectivity index (χ3n) is 2.76.